The van der Waals surface area contributed by atoms with E-state index in [-0.39, 0.29) is 0 Å². The molecule has 0 saturated carbocycles. The predicted octanol–water partition coefficient (Wildman–Crippen LogP) is 4.02. The molecule has 0 spiro atoms. The maximum Gasteiger partial charge on any atom is 0.285 e. The van der Waals surface area contributed by atoms with Crippen LogP contribution in [-0.4, -0.2) is 24.2 Å². The first-order chi connectivity index (χ1) is 12.0. The van der Waals surface area contributed by atoms with Gasteiger partial charge in [0.25, 0.3) is 5.91 Å². The molecule has 1 aromatic heterocycles. The first kappa shape index (κ1) is 17.7. The Morgan fingerprint density at radius 1 is 1.24 bits per heavy atom. The Hall–Kier alpha value is -2.09. The molecule has 0 saturated heterocycles. The summed E-state index contributed by atoms with van der Waals surface area (Å²) in [5.41, 5.74) is 0.0242. The molecule has 0 N–H and O–H groups in total. The summed E-state index contributed by atoms with van der Waals surface area (Å²) in [5, 5.41) is 0.496. The third-order valence-electron chi connectivity index (χ3n) is 3.54. The Morgan fingerprint density at radius 3 is 2.60 bits per heavy atom. The van der Waals surface area contributed by atoms with E-state index in [1.165, 1.54) is 17.4 Å². The minimum absolute atomic E-state index is 0.299. The number of hydrogen-bond donors (Lipinski definition) is 0. The molecule has 0 aliphatic rings. The zero-order valence-corrected chi connectivity index (χ0v) is 14.7. The van der Waals surface area contributed by atoms with E-state index in [1.54, 1.807) is 23.8 Å². The highest BCUT2D eigenvalue weighted by Crippen LogP contribution is 2.25. The first-order valence-corrected chi connectivity index (χ1v) is 8.52. The van der Waals surface area contributed by atoms with Gasteiger partial charge in [-0.15, -0.1) is 0 Å². The quantitative estimate of drug-likeness (QED) is 0.684. The topological polar surface area (TPSA) is 43.6 Å². The molecule has 4 nitrogen and oxygen atoms in total. The molecule has 2 aromatic carbocycles. The second-order valence-electron chi connectivity index (χ2n) is 5.13. The van der Waals surface area contributed by atoms with Crippen molar-refractivity contribution in [2.24, 2.45) is 4.99 Å². The van der Waals surface area contributed by atoms with E-state index in [9.17, 15) is 13.6 Å². The summed E-state index contributed by atoms with van der Waals surface area (Å²) in [6.07, 6.45) is 0. The maximum absolute atomic E-state index is 13.8. The summed E-state index contributed by atoms with van der Waals surface area (Å²) >= 11 is 7.47. The van der Waals surface area contributed by atoms with Gasteiger partial charge in [0.1, 0.15) is 17.2 Å². The number of amides is 1. The van der Waals surface area contributed by atoms with Gasteiger partial charge in [0.15, 0.2) is 4.80 Å². The van der Waals surface area contributed by atoms with Crippen molar-refractivity contribution in [3.05, 3.63) is 63.4 Å². The fraction of sp³-hybridized carbons (Fsp3) is 0.176. The summed E-state index contributed by atoms with van der Waals surface area (Å²) in [6.45, 7) is 0.762. The van der Waals surface area contributed by atoms with Crippen molar-refractivity contribution < 1.29 is 18.3 Å². The Labute approximate surface area is 151 Å². The summed E-state index contributed by atoms with van der Waals surface area (Å²) in [6, 6.07) is 8.58. The van der Waals surface area contributed by atoms with E-state index in [4.69, 9.17) is 16.3 Å². The zero-order chi connectivity index (χ0) is 18.0. The molecule has 25 heavy (non-hydrogen) atoms. The maximum atomic E-state index is 13.8. The van der Waals surface area contributed by atoms with Gasteiger partial charge >= 0.3 is 0 Å². The van der Waals surface area contributed by atoms with Crippen LogP contribution in [0.2, 0.25) is 5.02 Å². The average molecular weight is 383 g/mol. The molecule has 0 atom stereocenters. The second-order valence-corrected chi connectivity index (χ2v) is 6.55. The molecule has 0 aliphatic heterocycles. The number of nitrogens with zero attached hydrogens (tertiary/aromatic N) is 2. The molecule has 1 heterocycles. The molecule has 0 bridgehead atoms. The van der Waals surface area contributed by atoms with Gasteiger partial charge in [-0.05, 0) is 24.3 Å². The Balaban J connectivity index is 2.19. The van der Waals surface area contributed by atoms with Crippen LogP contribution in [0.1, 0.15) is 10.4 Å². The van der Waals surface area contributed by atoms with Gasteiger partial charge in [0.2, 0.25) is 0 Å². The van der Waals surface area contributed by atoms with Crippen molar-refractivity contribution in [3.8, 4) is 0 Å². The van der Waals surface area contributed by atoms with E-state index < -0.39 is 23.1 Å². The van der Waals surface area contributed by atoms with Gasteiger partial charge in [-0.25, -0.2) is 8.78 Å². The molecule has 3 rings (SSSR count). The minimum Gasteiger partial charge on any atom is -0.383 e. The van der Waals surface area contributed by atoms with Crippen LogP contribution in [-0.2, 0) is 11.3 Å². The lowest BCUT2D eigenvalue weighted by Gasteiger charge is -2.05. The van der Waals surface area contributed by atoms with Gasteiger partial charge in [-0.2, -0.15) is 4.99 Å². The van der Waals surface area contributed by atoms with E-state index in [1.807, 2.05) is 6.07 Å². The van der Waals surface area contributed by atoms with Crippen LogP contribution in [0.25, 0.3) is 10.2 Å². The first-order valence-electron chi connectivity index (χ1n) is 7.32. The van der Waals surface area contributed by atoms with Gasteiger partial charge < -0.3 is 9.30 Å². The van der Waals surface area contributed by atoms with Crippen LogP contribution in [0.5, 0.6) is 0 Å². The van der Waals surface area contributed by atoms with Crippen molar-refractivity contribution in [3.63, 3.8) is 0 Å². The SMILES string of the molecule is COCCn1c(=NC(=O)c2c(F)cccc2F)sc2cccc(Cl)c21. The normalized spacial score (nSPS) is 12.1. The number of benzene rings is 2. The third kappa shape index (κ3) is 3.49. The van der Waals surface area contributed by atoms with Crippen LogP contribution < -0.4 is 4.80 Å². The molecular weight excluding hydrogens is 370 g/mol. The van der Waals surface area contributed by atoms with Gasteiger partial charge in [-0.1, -0.05) is 35.1 Å². The standard InChI is InChI=1S/C17H13ClF2N2O2S/c1-24-9-8-22-15-10(18)4-2-7-13(15)25-17(22)21-16(23)14-11(19)5-3-6-12(14)20/h2-7H,8-9H2,1H3. The number of aromatic nitrogens is 1. The number of halogens is 3. The lowest BCUT2D eigenvalue weighted by Crippen LogP contribution is -2.20. The molecule has 8 heteroatoms. The van der Waals surface area contributed by atoms with E-state index in [2.05, 4.69) is 4.99 Å². The number of hydrogen-bond acceptors (Lipinski definition) is 3. The second kappa shape index (κ2) is 7.43. The molecule has 0 fully saturated rings. The summed E-state index contributed by atoms with van der Waals surface area (Å²) in [4.78, 5) is 16.6. The lowest BCUT2D eigenvalue weighted by molar-refractivity contribution is 0.0989. The minimum atomic E-state index is -0.982. The van der Waals surface area contributed by atoms with Crippen molar-refractivity contribution >= 4 is 39.1 Å². The Morgan fingerprint density at radius 2 is 1.92 bits per heavy atom. The smallest absolute Gasteiger partial charge is 0.285 e. The van der Waals surface area contributed by atoms with Gasteiger partial charge in [0, 0.05) is 13.7 Å². The number of carbonyl (C=O) groups is 1. The third-order valence-corrected chi connectivity index (χ3v) is 4.89. The summed E-state index contributed by atoms with van der Waals surface area (Å²) in [7, 11) is 1.55. The van der Waals surface area contributed by atoms with Gasteiger partial charge in [-0.3, -0.25) is 4.79 Å². The molecule has 0 radical (unpaired) electrons. The van der Waals surface area contributed by atoms with Crippen LogP contribution in [0.15, 0.2) is 41.4 Å². The number of fused-ring (bicyclic) bond motifs is 1. The van der Waals surface area contributed by atoms with E-state index in [0.717, 1.165) is 16.8 Å². The highest BCUT2D eigenvalue weighted by atomic mass is 35.5. The predicted molar refractivity (Wildman–Crippen MR) is 93.0 cm³/mol. The Bertz CT molecular complexity index is 993. The van der Waals surface area contributed by atoms with Gasteiger partial charge in [0.05, 0.1) is 21.8 Å². The number of para-hydroxylation sites is 1. The molecule has 130 valence electrons. The van der Waals surface area contributed by atoms with Crippen molar-refractivity contribution in [2.75, 3.05) is 13.7 Å². The Kier molecular flexibility index (Phi) is 5.27. The van der Waals surface area contributed by atoms with Crippen molar-refractivity contribution in [1.29, 1.82) is 0 Å². The van der Waals surface area contributed by atoms with Crippen molar-refractivity contribution in [1.82, 2.24) is 4.57 Å². The fourth-order valence-electron chi connectivity index (χ4n) is 2.41. The number of rotatable bonds is 4. The molecule has 0 aliphatic carbocycles. The van der Waals surface area contributed by atoms with Crippen LogP contribution in [0.3, 0.4) is 0 Å². The van der Waals surface area contributed by atoms with Crippen molar-refractivity contribution in [2.45, 2.75) is 6.54 Å². The van der Waals surface area contributed by atoms with Crippen LogP contribution in [0.4, 0.5) is 8.78 Å². The van der Waals surface area contributed by atoms with E-state index >= 15 is 0 Å². The number of carbonyl (C=O) groups excluding carboxylic acids is 1. The fourth-order valence-corrected chi connectivity index (χ4v) is 3.82. The monoisotopic (exact) mass is 382 g/mol. The highest BCUT2D eigenvalue weighted by Gasteiger charge is 2.17. The number of ether oxygens (including phenoxy) is 1. The molecule has 1 amide bonds. The summed E-state index contributed by atoms with van der Waals surface area (Å²) < 4.78 is 35.2. The molecule has 0 unspecified atom stereocenters. The number of methoxy groups -OCH3 is 1. The average Bonchev–Trinajstić information content (AvgIpc) is 2.91. The lowest BCUT2D eigenvalue weighted by atomic mass is 10.2. The number of thiazole rings is 1. The molecular formula is C17H13ClF2N2O2S. The largest absolute Gasteiger partial charge is 0.383 e. The highest BCUT2D eigenvalue weighted by molar-refractivity contribution is 7.16. The summed E-state index contributed by atoms with van der Waals surface area (Å²) in [5.74, 6) is -2.88. The van der Waals surface area contributed by atoms with E-state index in [0.29, 0.717) is 28.5 Å². The zero-order valence-electron chi connectivity index (χ0n) is 13.1. The van der Waals surface area contributed by atoms with Crippen LogP contribution >= 0.6 is 22.9 Å². The van der Waals surface area contributed by atoms with Crippen LogP contribution in [0, 0.1) is 11.6 Å². The molecule has 3 aromatic rings.